The maximum atomic E-state index is 11.5. The van der Waals surface area contributed by atoms with Crippen LogP contribution in [0.2, 0.25) is 0 Å². The first kappa shape index (κ1) is 15.3. The molecule has 1 aromatic heterocycles. The maximum absolute atomic E-state index is 11.5. The number of rotatable bonds is 4. The molecule has 1 N–H and O–H groups in total. The fraction of sp³-hybridized carbons (Fsp3) is 0.692. The quantitative estimate of drug-likeness (QED) is 0.670. The average Bonchev–Trinajstić information content (AvgIpc) is 2.73. The summed E-state index contributed by atoms with van der Waals surface area (Å²) in [6, 6.07) is 0. The molecule has 0 aromatic carbocycles. The van der Waals surface area contributed by atoms with Crippen molar-refractivity contribution in [2.24, 2.45) is 12.5 Å². The normalized spacial score (nSPS) is 17.8. The summed E-state index contributed by atoms with van der Waals surface area (Å²) in [4.78, 5) is 24.1. The van der Waals surface area contributed by atoms with Crippen LogP contribution in [0.5, 0.6) is 0 Å². The van der Waals surface area contributed by atoms with Gasteiger partial charge in [0.15, 0.2) is 0 Å². The van der Waals surface area contributed by atoms with Gasteiger partial charge in [-0.05, 0) is 26.2 Å². The largest absolute Gasteiger partial charge is 0.481 e. The first-order chi connectivity index (χ1) is 9.82. The molecule has 1 aromatic rings. The van der Waals surface area contributed by atoms with Crippen molar-refractivity contribution in [2.45, 2.75) is 33.1 Å². The summed E-state index contributed by atoms with van der Waals surface area (Å²) in [7, 11) is 1.67. The van der Waals surface area contributed by atoms with Crippen LogP contribution in [0.1, 0.15) is 31.9 Å². The Bertz CT molecular complexity index is 573. The lowest BCUT2D eigenvalue weighted by atomic mass is 9.76. The molecule has 21 heavy (non-hydrogen) atoms. The van der Waals surface area contributed by atoms with E-state index in [-0.39, 0.29) is 5.69 Å². The lowest BCUT2D eigenvalue weighted by molar-refractivity contribution is -0.384. The maximum Gasteiger partial charge on any atom is 0.333 e. The number of carboxylic acid groups (broad SMARTS) is 1. The third-order valence-electron chi connectivity index (χ3n) is 4.49. The summed E-state index contributed by atoms with van der Waals surface area (Å²) in [6.07, 6.45) is 1.54. The van der Waals surface area contributed by atoms with E-state index in [1.165, 1.54) is 4.68 Å². The molecule has 0 radical (unpaired) electrons. The second-order valence-electron chi connectivity index (χ2n) is 5.56. The van der Waals surface area contributed by atoms with Crippen molar-refractivity contribution in [1.29, 1.82) is 0 Å². The van der Waals surface area contributed by atoms with E-state index in [0.717, 1.165) is 0 Å². The van der Waals surface area contributed by atoms with Gasteiger partial charge in [-0.1, -0.05) is 6.92 Å². The van der Waals surface area contributed by atoms with Crippen molar-refractivity contribution in [3.8, 4) is 0 Å². The number of hydrogen-bond acceptors (Lipinski definition) is 5. The van der Waals surface area contributed by atoms with Crippen LogP contribution >= 0.6 is 0 Å². The van der Waals surface area contributed by atoms with Gasteiger partial charge in [-0.3, -0.25) is 14.9 Å². The Morgan fingerprint density at radius 2 is 2.05 bits per heavy atom. The molecule has 0 aliphatic carbocycles. The minimum Gasteiger partial charge on any atom is -0.481 e. The number of aromatic nitrogens is 2. The SMILES string of the molecule is CCC1(C(=O)O)CCN(c2c([N+](=O)[O-])c(C)nn2C)CC1. The molecule has 2 rings (SSSR count). The monoisotopic (exact) mass is 296 g/mol. The Kier molecular flexibility index (Phi) is 3.89. The summed E-state index contributed by atoms with van der Waals surface area (Å²) in [6.45, 7) is 4.46. The summed E-state index contributed by atoms with van der Waals surface area (Å²) in [5.41, 5.74) is -0.321. The first-order valence-electron chi connectivity index (χ1n) is 6.98. The van der Waals surface area contributed by atoms with Crippen LogP contribution in [-0.4, -0.2) is 38.9 Å². The van der Waals surface area contributed by atoms with Gasteiger partial charge >= 0.3 is 11.7 Å². The van der Waals surface area contributed by atoms with E-state index in [1.807, 2.05) is 11.8 Å². The lowest BCUT2D eigenvalue weighted by Crippen LogP contribution is -2.44. The molecule has 1 saturated heterocycles. The molecule has 0 bridgehead atoms. The first-order valence-corrected chi connectivity index (χ1v) is 6.98. The van der Waals surface area contributed by atoms with E-state index in [0.29, 0.717) is 43.9 Å². The fourth-order valence-electron chi connectivity index (χ4n) is 3.07. The number of aryl methyl sites for hydroxylation is 2. The second kappa shape index (κ2) is 5.34. The van der Waals surface area contributed by atoms with Crippen molar-refractivity contribution in [3.63, 3.8) is 0 Å². The van der Waals surface area contributed by atoms with Gasteiger partial charge in [-0.25, -0.2) is 4.68 Å². The van der Waals surface area contributed by atoms with Gasteiger partial charge in [0, 0.05) is 20.1 Å². The molecule has 8 nitrogen and oxygen atoms in total. The predicted molar refractivity (Wildman–Crippen MR) is 76.4 cm³/mol. The standard InChI is InChI=1S/C13H20N4O4/c1-4-13(12(18)19)5-7-16(8-6-13)11-10(17(20)21)9(2)14-15(11)3/h4-8H2,1-3H3,(H,18,19). The van der Waals surface area contributed by atoms with E-state index < -0.39 is 16.3 Å². The third-order valence-corrected chi connectivity index (χ3v) is 4.49. The van der Waals surface area contributed by atoms with E-state index in [2.05, 4.69) is 5.10 Å². The highest BCUT2D eigenvalue weighted by molar-refractivity contribution is 5.75. The molecule has 1 aliphatic heterocycles. The van der Waals surface area contributed by atoms with Crippen LogP contribution in [0.15, 0.2) is 0 Å². The molecule has 0 spiro atoms. The molecule has 0 unspecified atom stereocenters. The van der Waals surface area contributed by atoms with Crippen LogP contribution in [0.25, 0.3) is 0 Å². The number of hydrogen-bond donors (Lipinski definition) is 1. The molecule has 0 atom stereocenters. The molecule has 0 amide bonds. The second-order valence-corrected chi connectivity index (χ2v) is 5.56. The molecule has 2 heterocycles. The minimum absolute atomic E-state index is 0.0109. The fourth-order valence-corrected chi connectivity index (χ4v) is 3.07. The van der Waals surface area contributed by atoms with E-state index >= 15 is 0 Å². The third kappa shape index (κ3) is 2.45. The van der Waals surface area contributed by atoms with Crippen LogP contribution in [0, 0.1) is 22.5 Å². The van der Waals surface area contributed by atoms with Gasteiger partial charge in [0.05, 0.1) is 10.3 Å². The van der Waals surface area contributed by atoms with Crippen LogP contribution in [-0.2, 0) is 11.8 Å². The topological polar surface area (TPSA) is 102 Å². The molecular formula is C13H20N4O4. The Morgan fingerprint density at radius 3 is 2.48 bits per heavy atom. The smallest absolute Gasteiger partial charge is 0.333 e. The Labute approximate surface area is 122 Å². The summed E-state index contributed by atoms with van der Waals surface area (Å²) < 4.78 is 1.51. The minimum atomic E-state index is -0.777. The van der Waals surface area contributed by atoms with E-state index in [9.17, 15) is 20.0 Å². The molecular weight excluding hydrogens is 276 g/mol. The number of anilines is 1. The Morgan fingerprint density at radius 1 is 1.48 bits per heavy atom. The number of nitro groups is 1. The van der Waals surface area contributed by atoms with Gasteiger partial charge in [-0.15, -0.1) is 0 Å². The van der Waals surface area contributed by atoms with Gasteiger partial charge in [0.2, 0.25) is 5.82 Å². The molecule has 116 valence electrons. The Balaban J connectivity index is 2.28. The van der Waals surface area contributed by atoms with E-state index in [4.69, 9.17) is 0 Å². The zero-order valence-corrected chi connectivity index (χ0v) is 12.5. The van der Waals surface area contributed by atoms with Crippen molar-refractivity contribution >= 4 is 17.5 Å². The zero-order valence-electron chi connectivity index (χ0n) is 12.5. The molecule has 1 aliphatic rings. The summed E-state index contributed by atoms with van der Waals surface area (Å²) in [5.74, 6) is -0.312. The Hall–Kier alpha value is -2.12. The predicted octanol–water partition coefficient (Wildman–Crippen LogP) is 1.72. The average molecular weight is 296 g/mol. The lowest BCUT2D eigenvalue weighted by Gasteiger charge is -2.38. The summed E-state index contributed by atoms with van der Waals surface area (Å²) in [5, 5.41) is 24.7. The zero-order chi connectivity index (χ0) is 15.8. The van der Waals surface area contributed by atoms with Gasteiger partial charge in [-0.2, -0.15) is 5.10 Å². The molecule has 0 saturated carbocycles. The van der Waals surface area contributed by atoms with Crippen LogP contribution in [0.4, 0.5) is 11.5 Å². The highest BCUT2D eigenvalue weighted by Gasteiger charge is 2.41. The number of carboxylic acids is 1. The number of nitrogens with zero attached hydrogens (tertiary/aromatic N) is 4. The van der Waals surface area contributed by atoms with Crippen LogP contribution in [0.3, 0.4) is 0 Å². The van der Waals surface area contributed by atoms with Gasteiger partial charge in [0.1, 0.15) is 5.69 Å². The van der Waals surface area contributed by atoms with Gasteiger partial charge < -0.3 is 10.0 Å². The van der Waals surface area contributed by atoms with E-state index in [1.54, 1.807) is 14.0 Å². The summed E-state index contributed by atoms with van der Waals surface area (Å²) >= 11 is 0. The number of carbonyl (C=O) groups is 1. The highest BCUT2D eigenvalue weighted by Crippen LogP contribution is 2.39. The molecule has 8 heteroatoms. The van der Waals surface area contributed by atoms with Crippen molar-refractivity contribution < 1.29 is 14.8 Å². The number of piperidine rings is 1. The van der Waals surface area contributed by atoms with Crippen LogP contribution < -0.4 is 4.90 Å². The van der Waals surface area contributed by atoms with Gasteiger partial charge in [0.25, 0.3) is 0 Å². The van der Waals surface area contributed by atoms with Crippen molar-refractivity contribution in [1.82, 2.24) is 9.78 Å². The molecule has 1 fully saturated rings. The van der Waals surface area contributed by atoms with Crippen molar-refractivity contribution in [2.75, 3.05) is 18.0 Å². The van der Waals surface area contributed by atoms with Crippen molar-refractivity contribution in [3.05, 3.63) is 15.8 Å². The number of aliphatic carboxylic acids is 1. The highest BCUT2D eigenvalue weighted by atomic mass is 16.6.